The number of morpholine rings is 1. The molecular formula is C22H28FN3O5S2. The molecule has 2 fully saturated rings. The van der Waals surface area contributed by atoms with Crippen LogP contribution in [0.25, 0.3) is 0 Å². The highest BCUT2D eigenvalue weighted by Gasteiger charge is 2.28. The maximum Gasteiger partial charge on any atom is 0.243 e. The largest absolute Gasteiger partial charge is 0.379 e. The van der Waals surface area contributed by atoms with Gasteiger partial charge in [0.1, 0.15) is 5.82 Å². The van der Waals surface area contributed by atoms with E-state index in [0.717, 1.165) is 18.7 Å². The molecule has 4 rings (SSSR count). The number of hydrogen-bond acceptors (Lipinski definition) is 6. The number of nitrogens with zero attached hydrogens (tertiary/aromatic N) is 2. The summed E-state index contributed by atoms with van der Waals surface area (Å²) in [7, 11) is -7.44. The van der Waals surface area contributed by atoms with Gasteiger partial charge in [0.25, 0.3) is 0 Å². The van der Waals surface area contributed by atoms with E-state index < -0.39 is 20.0 Å². The Morgan fingerprint density at radius 1 is 0.848 bits per heavy atom. The monoisotopic (exact) mass is 497 g/mol. The van der Waals surface area contributed by atoms with Gasteiger partial charge in [-0.15, -0.1) is 0 Å². The van der Waals surface area contributed by atoms with Crippen molar-refractivity contribution in [1.29, 1.82) is 0 Å². The fraction of sp³-hybridized carbons (Fsp3) is 0.455. The number of rotatable bonds is 7. The molecular weight excluding hydrogens is 469 g/mol. The van der Waals surface area contributed by atoms with Gasteiger partial charge in [0.2, 0.25) is 20.0 Å². The minimum atomic E-state index is -3.77. The highest BCUT2D eigenvalue weighted by atomic mass is 32.2. The minimum Gasteiger partial charge on any atom is -0.379 e. The molecule has 0 aromatic heterocycles. The average Bonchev–Trinajstić information content (AvgIpc) is 2.82. The van der Waals surface area contributed by atoms with Crippen LogP contribution in [0, 0.1) is 5.82 Å². The Kier molecular flexibility index (Phi) is 7.46. The third-order valence-corrected chi connectivity index (χ3v) is 9.42. The molecule has 0 spiro atoms. The molecule has 8 nitrogen and oxygen atoms in total. The van der Waals surface area contributed by atoms with E-state index in [0.29, 0.717) is 32.6 Å². The summed E-state index contributed by atoms with van der Waals surface area (Å²) < 4.78 is 73.5. The van der Waals surface area contributed by atoms with E-state index in [1.807, 2.05) is 0 Å². The standard InChI is InChI=1S/C22H28FN3O5S2/c23-19-3-1-18(2-4-19)17-25-11-9-20(10-12-25)24-32(27,28)21-5-7-22(8-6-21)33(29,30)26-13-15-31-16-14-26/h1-8,20,24H,9-17H2. The molecule has 2 saturated heterocycles. The molecule has 0 unspecified atom stereocenters. The Balaban J connectivity index is 1.33. The predicted molar refractivity (Wildman–Crippen MR) is 121 cm³/mol. The van der Waals surface area contributed by atoms with Gasteiger partial charge in [-0.3, -0.25) is 4.90 Å². The van der Waals surface area contributed by atoms with Gasteiger partial charge in [0.05, 0.1) is 23.0 Å². The second-order valence-electron chi connectivity index (χ2n) is 8.29. The van der Waals surface area contributed by atoms with E-state index in [4.69, 9.17) is 4.74 Å². The first-order valence-electron chi connectivity index (χ1n) is 10.9. The van der Waals surface area contributed by atoms with Crippen molar-refractivity contribution in [3.63, 3.8) is 0 Å². The molecule has 0 aliphatic carbocycles. The normalized spacial score (nSPS) is 19.5. The lowest BCUT2D eigenvalue weighted by molar-refractivity contribution is 0.0730. The summed E-state index contributed by atoms with van der Waals surface area (Å²) in [5.41, 5.74) is 1.02. The number of ether oxygens (including phenoxy) is 1. The number of benzene rings is 2. The van der Waals surface area contributed by atoms with Crippen LogP contribution in [0.15, 0.2) is 58.3 Å². The molecule has 0 radical (unpaired) electrons. The van der Waals surface area contributed by atoms with Crippen LogP contribution in [0.1, 0.15) is 18.4 Å². The summed E-state index contributed by atoms with van der Waals surface area (Å²) in [6.45, 7) is 3.39. The van der Waals surface area contributed by atoms with E-state index in [1.54, 1.807) is 12.1 Å². The van der Waals surface area contributed by atoms with Crippen molar-refractivity contribution in [2.75, 3.05) is 39.4 Å². The molecule has 2 aromatic rings. The van der Waals surface area contributed by atoms with E-state index >= 15 is 0 Å². The van der Waals surface area contributed by atoms with Crippen LogP contribution >= 0.6 is 0 Å². The molecule has 0 saturated carbocycles. The molecule has 2 aliphatic rings. The van der Waals surface area contributed by atoms with Crippen molar-refractivity contribution in [2.45, 2.75) is 35.2 Å². The van der Waals surface area contributed by atoms with Crippen LogP contribution in [0.2, 0.25) is 0 Å². The van der Waals surface area contributed by atoms with Crippen LogP contribution in [0.5, 0.6) is 0 Å². The van der Waals surface area contributed by atoms with Gasteiger partial charge in [0, 0.05) is 38.8 Å². The zero-order valence-electron chi connectivity index (χ0n) is 18.2. The summed E-state index contributed by atoms with van der Waals surface area (Å²) in [5, 5.41) is 0. The highest BCUT2D eigenvalue weighted by molar-refractivity contribution is 7.89. The maximum absolute atomic E-state index is 13.1. The number of hydrogen-bond donors (Lipinski definition) is 1. The lowest BCUT2D eigenvalue weighted by Crippen LogP contribution is -2.44. The van der Waals surface area contributed by atoms with Crippen molar-refractivity contribution in [1.82, 2.24) is 13.9 Å². The zero-order valence-corrected chi connectivity index (χ0v) is 19.8. The number of sulfonamides is 2. The summed E-state index contributed by atoms with van der Waals surface area (Å²) in [6, 6.07) is 11.5. The molecule has 2 aliphatic heterocycles. The van der Waals surface area contributed by atoms with Crippen molar-refractivity contribution < 1.29 is 26.0 Å². The van der Waals surface area contributed by atoms with E-state index in [2.05, 4.69) is 9.62 Å². The molecule has 0 bridgehead atoms. The van der Waals surface area contributed by atoms with Crippen molar-refractivity contribution >= 4 is 20.0 Å². The molecule has 0 atom stereocenters. The molecule has 1 N–H and O–H groups in total. The van der Waals surface area contributed by atoms with Gasteiger partial charge in [-0.1, -0.05) is 12.1 Å². The summed E-state index contributed by atoms with van der Waals surface area (Å²) in [4.78, 5) is 2.32. The van der Waals surface area contributed by atoms with Gasteiger partial charge in [-0.05, 0) is 54.8 Å². The lowest BCUT2D eigenvalue weighted by Gasteiger charge is -2.32. The maximum atomic E-state index is 13.1. The third-order valence-electron chi connectivity index (χ3n) is 5.97. The van der Waals surface area contributed by atoms with Crippen LogP contribution in [0.3, 0.4) is 0 Å². The number of halogens is 1. The second-order valence-corrected chi connectivity index (χ2v) is 11.9. The summed E-state index contributed by atoms with van der Waals surface area (Å²) in [5.74, 6) is -0.265. The van der Waals surface area contributed by atoms with Gasteiger partial charge in [0.15, 0.2) is 0 Å². The summed E-state index contributed by atoms with van der Waals surface area (Å²) in [6.07, 6.45) is 1.31. The first-order valence-corrected chi connectivity index (χ1v) is 13.8. The molecule has 180 valence electrons. The van der Waals surface area contributed by atoms with Crippen LogP contribution in [0.4, 0.5) is 4.39 Å². The number of likely N-dealkylation sites (tertiary alicyclic amines) is 1. The molecule has 2 heterocycles. The van der Waals surface area contributed by atoms with Gasteiger partial charge in [-0.2, -0.15) is 4.31 Å². The first kappa shape index (κ1) is 24.2. The Hall–Kier alpha value is -1.89. The van der Waals surface area contributed by atoms with Crippen molar-refractivity contribution in [2.24, 2.45) is 0 Å². The predicted octanol–water partition coefficient (Wildman–Crippen LogP) is 1.79. The average molecular weight is 498 g/mol. The van der Waals surface area contributed by atoms with Crippen LogP contribution in [-0.2, 0) is 31.3 Å². The summed E-state index contributed by atoms with van der Waals surface area (Å²) >= 11 is 0. The van der Waals surface area contributed by atoms with Crippen LogP contribution < -0.4 is 4.72 Å². The number of piperidine rings is 1. The van der Waals surface area contributed by atoms with Crippen molar-refractivity contribution in [3.8, 4) is 0 Å². The quantitative estimate of drug-likeness (QED) is 0.627. The minimum absolute atomic E-state index is 0.0390. The fourth-order valence-electron chi connectivity index (χ4n) is 4.07. The lowest BCUT2D eigenvalue weighted by atomic mass is 10.1. The van der Waals surface area contributed by atoms with E-state index in [9.17, 15) is 21.2 Å². The molecule has 2 aromatic carbocycles. The smallest absolute Gasteiger partial charge is 0.243 e. The van der Waals surface area contributed by atoms with Crippen molar-refractivity contribution in [3.05, 3.63) is 59.9 Å². The molecule has 0 amide bonds. The topological polar surface area (TPSA) is 96.0 Å². The fourth-order valence-corrected chi connectivity index (χ4v) is 6.78. The number of nitrogens with one attached hydrogen (secondary N) is 1. The Morgan fingerprint density at radius 2 is 1.42 bits per heavy atom. The molecule has 33 heavy (non-hydrogen) atoms. The zero-order chi connectivity index (χ0) is 23.5. The molecule has 11 heteroatoms. The second kappa shape index (κ2) is 10.2. The van der Waals surface area contributed by atoms with Gasteiger partial charge in [-0.25, -0.2) is 25.9 Å². The SMILES string of the molecule is O=S(=O)(NC1CCN(Cc2ccc(F)cc2)CC1)c1ccc(S(=O)(=O)N2CCOCC2)cc1. The van der Waals surface area contributed by atoms with E-state index in [1.165, 1.54) is 40.7 Å². The third kappa shape index (κ3) is 5.97. The van der Waals surface area contributed by atoms with Crippen LogP contribution in [-0.4, -0.2) is 71.5 Å². The Bertz CT molecular complexity index is 1140. The van der Waals surface area contributed by atoms with E-state index in [-0.39, 0.29) is 34.7 Å². The Labute approximate surface area is 194 Å². The van der Waals surface area contributed by atoms with Gasteiger partial charge >= 0.3 is 0 Å². The Morgan fingerprint density at radius 3 is 2.03 bits per heavy atom. The first-order chi connectivity index (χ1) is 15.7. The van der Waals surface area contributed by atoms with Gasteiger partial charge < -0.3 is 4.74 Å². The highest BCUT2D eigenvalue weighted by Crippen LogP contribution is 2.21.